The first-order valence-corrected chi connectivity index (χ1v) is 9.28. The predicted molar refractivity (Wildman–Crippen MR) is 103 cm³/mol. The molecule has 0 spiro atoms. The average molecular weight is 369 g/mol. The molecule has 0 bridgehead atoms. The number of amides is 1. The number of aromatic nitrogens is 2. The molecule has 1 aromatic heterocycles. The molecule has 144 valence electrons. The van der Waals surface area contributed by atoms with Gasteiger partial charge in [-0.15, -0.1) is 0 Å². The number of carbonyl (C=O) groups is 2. The molecule has 1 unspecified atom stereocenters. The molecule has 1 aliphatic carbocycles. The summed E-state index contributed by atoms with van der Waals surface area (Å²) in [6, 6.07) is 6.24. The molecule has 1 saturated carbocycles. The summed E-state index contributed by atoms with van der Waals surface area (Å²) in [6.45, 7) is 9.95. The maximum atomic E-state index is 12.8. The Kier molecular flexibility index (Phi) is 4.84. The Morgan fingerprint density at radius 2 is 1.74 bits per heavy atom. The first-order valence-electron chi connectivity index (χ1n) is 9.28. The number of hydrogen-bond donors (Lipinski definition) is 2. The molecular weight excluding hydrogens is 342 g/mol. The molecule has 0 saturated heterocycles. The van der Waals surface area contributed by atoms with Gasteiger partial charge in [0.25, 0.3) is 5.91 Å². The van der Waals surface area contributed by atoms with Crippen LogP contribution in [0, 0.1) is 13.8 Å². The number of nitrogens with zero attached hydrogens (tertiary/aromatic N) is 2. The number of carbonyl (C=O) groups excluding carboxylic acids is 1. The summed E-state index contributed by atoms with van der Waals surface area (Å²) < 4.78 is 1.90. The third-order valence-electron chi connectivity index (χ3n) is 4.70. The third-order valence-corrected chi connectivity index (χ3v) is 4.70. The molecule has 1 aromatic carbocycles. The quantitative estimate of drug-likeness (QED) is 0.842. The highest BCUT2D eigenvalue weighted by Gasteiger charge is 2.33. The number of aliphatic carboxylic acids is 1. The summed E-state index contributed by atoms with van der Waals surface area (Å²) >= 11 is 0. The number of aryl methyl sites for hydroxylation is 2. The lowest BCUT2D eigenvalue weighted by molar-refractivity contribution is -0.139. The van der Waals surface area contributed by atoms with Crippen molar-refractivity contribution < 1.29 is 14.7 Å². The van der Waals surface area contributed by atoms with E-state index < -0.39 is 17.9 Å². The first kappa shape index (κ1) is 19.1. The van der Waals surface area contributed by atoms with Gasteiger partial charge < -0.3 is 10.4 Å². The van der Waals surface area contributed by atoms with Gasteiger partial charge >= 0.3 is 5.97 Å². The molecule has 3 rings (SSSR count). The van der Waals surface area contributed by atoms with Gasteiger partial charge in [0.2, 0.25) is 0 Å². The molecule has 2 aromatic rings. The maximum absolute atomic E-state index is 12.8. The number of hydrogen-bond acceptors (Lipinski definition) is 3. The number of carboxylic acid groups (broad SMARTS) is 1. The minimum atomic E-state index is -1.11. The van der Waals surface area contributed by atoms with Gasteiger partial charge in [-0.05, 0) is 59.1 Å². The second kappa shape index (κ2) is 6.83. The number of carboxylic acids is 1. The van der Waals surface area contributed by atoms with E-state index in [0.717, 1.165) is 29.7 Å². The Hall–Kier alpha value is -2.63. The third kappa shape index (κ3) is 4.21. The SMILES string of the molecule is Cc1cc(C)cc(C(NC(=O)c2cc(C3CC3)n(C(C)(C)C)n2)C(=O)O)c1. The molecule has 27 heavy (non-hydrogen) atoms. The van der Waals surface area contributed by atoms with Gasteiger partial charge in [-0.3, -0.25) is 9.48 Å². The second-order valence-corrected chi connectivity index (χ2v) is 8.48. The van der Waals surface area contributed by atoms with Crippen molar-refractivity contribution in [3.63, 3.8) is 0 Å². The van der Waals surface area contributed by atoms with Crippen molar-refractivity contribution in [3.05, 3.63) is 52.3 Å². The molecular formula is C21H27N3O3. The van der Waals surface area contributed by atoms with Crippen molar-refractivity contribution in [2.45, 2.75) is 65.0 Å². The number of rotatable bonds is 5. The maximum Gasteiger partial charge on any atom is 0.330 e. The van der Waals surface area contributed by atoms with E-state index in [1.165, 1.54) is 0 Å². The van der Waals surface area contributed by atoms with Crippen LogP contribution >= 0.6 is 0 Å². The van der Waals surface area contributed by atoms with Crippen LogP contribution in [0.4, 0.5) is 0 Å². The lowest BCUT2D eigenvalue weighted by Crippen LogP contribution is -2.34. The molecule has 1 aliphatic rings. The van der Waals surface area contributed by atoms with E-state index in [-0.39, 0.29) is 11.2 Å². The lowest BCUT2D eigenvalue weighted by atomic mass is 10.0. The largest absolute Gasteiger partial charge is 0.479 e. The molecule has 6 nitrogen and oxygen atoms in total. The fourth-order valence-electron chi connectivity index (χ4n) is 3.38. The molecule has 1 amide bonds. The highest BCUT2D eigenvalue weighted by molar-refractivity contribution is 5.95. The molecule has 0 radical (unpaired) electrons. The molecule has 1 atom stereocenters. The van der Waals surface area contributed by atoms with Gasteiger partial charge in [0.1, 0.15) is 0 Å². The summed E-state index contributed by atoms with van der Waals surface area (Å²) in [5.74, 6) is -1.12. The summed E-state index contributed by atoms with van der Waals surface area (Å²) in [5, 5.41) is 16.8. The highest BCUT2D eigenvalue weighted by Crippen LogP contribution is 2.41. The van der Waals surface area contributed by atoms with Crippen molar-refractivity contribution in [2.75, 3.05) is 0 Å². The van der Waals surface area contributed by atoms with Gasteiger partial charge in [0.15, 0.2) is 11.7 Å². The Morgan fingerprint density at radius 1 is 1.15 bits per heavy atom. The molecule has 0 aliphatic heterocycles. The minimum Gasteiger partial charge on any atom is -0.479 e. The van der Waals surface area contributed by atoms with E-state index in [0.29, 0.717) is 11.5 Å². The van der Waals surface area contributed by atoms with Crippen molar-refractivity contribution >= 4 is 11.9 Å². The second-order valence-electron chi connectivity index (χ2n) is 8.48. The summed E-state index contributed by atoms with van der Waals surface area (Å²) in [7, 11) is 0. The Bertz CT molecular complexity index is 868. The number of nitrogens with one attached hydrogen (secondary N) is 1. The zero-order valence-electron chi connectivity index (χ0n) is 16.5. The van der Waals surface area contributed by atoms with Gasteiger partial charge in [0, 0.05) is 11.6 Å². The summed E-state index contributed by atoms with van der Waals surface area (Å²) in [5.41, 5.74) is 3.55. The van der Waals surface area contributed by atoms with Crippen molar-refractivity contribution in [1.82, 2.24) is 15.1 Å². The smallest absolute Gasteiger partial charge is 0.330 e. The zero-order chi connectivity index (χ0) is 19.9. The van der Waals surface area contributed by atoms with E-state index >= 15 is 0 Å². The van der Waals surface area contributed by atoms with Gasteiger partial charge in [-0.2, -0.15) is 5.10 Å². The Balaban J connectivity index is 1.89. The lowest BCUT2D eigenvalue weighted by Gasteiger charge is -2.22. The van der Waals surface area contributed by atoms with Crippen LogP contribution < -0.4 is 5.32 Å². The van der Waals surface area contributed by atoms with Crippen molar-refractivity contribution in [3.8, 4) is 0 Å². The molecule has 6 heteroatoms. The van der Waals surface area contributed by atoms with E-state index in [1.807, 2.05) is 45.4 Å². The summed E-state index contributed by atoms with van der Waals surface area (Å²) in [4.78, 5) is 24.6. The number of benzene rings is 1. The van der Waals surface area contributed by atoms with Crippen molar-refractivity contribution in [1.29, 1.82) is 0 Å². The standard InChI is InChI=1S/C21H27N3O3/c1-12-8-13(2)10-15(9-12)18(20(26)27)22-19(25)16-11-17(14-6-7-14)24(23-16)21(3,4)5/h8-11,14,18H,6-7H2,1-5H3,(H,22,25)(H,26,27). The molecule has 2 N–H and O–H groups in total. The van der Waals surface area contributed by atoms with Crippen LogP contribution in [-0.2, 0) is 10.3 Å². The summed E-state index contributed by atoms with van der Waals surface area (Å²) in [6.07, 6.45) is 2.20. The van der Waals surface area contributed by atoms with Crippen LogP contribution in [0.5, 0.6) is 0 Å². The zero-order valence-corrected chi connectivity index (χ0v) is 16.5. The Morgan fingerprint density at radius 3 is 2.22 bits per heavy atom. The fraction of sp³-hybridized carbons (Fsp3) is 0.476. The topological polar surface area (TPSA) is 84.2 Å². The Labute approximate surface area is 159 Å². The van der Waals surface area contributed by atoms with Gasteiger partial charge in [0.05, 0.1) is 5.54 Å². The van der Waals surface area contributed by atoms with E-state index in [9.17, 15) is 14.7 Å². The first-order chi connectivity index (χ1) is 12.6. The van der Waals surface area contributed by atoms with E-state index in [4.69, 9.17) is 0 Å². The fourth-order valence-corrected chi connectivity index (χ4v) is 3.38. The minimum absolute atomic E-state index is 0.240. The monoisotopic (exact) mass is 369 g/mol. The molecule has 1 fully saturated rings. The van der Waals surface area contributed by atoms with Crippen LogP contribution in [0.1, 0.15) is 78.4 Å². The van der Waals surface area contributed by atoms with Crippen LogP contribution in [-0.4, -0.2) is 26.8 Å². The van der Waals surface area contributed by atoms with Crippen LogP contribution in [0.25, 0.3) is 0 Å². The average Bonchev–Trinajstić information content (AvgIpc) is 3.27. The van der Waals surface area contributed by atoms with Crippen LogP contribution in [0.15, 0.2) is 24.3 Å². The molecule has 1 heterocycles. The van der Waals surface area contributed by atoms with E-state index in [2.05, 4.69) is 10.4 Å². The highest BCUT2D eigenvalue weighted by atomic mass is 16.4. The van der Waals surface area contributed by atoms with Gasteiger partial charge in [-0.1, -0.05) is 29.3 Å². The predicted octanol–water partition coefficient (Wildman–Crippen LogP) is 3.69. The van der Waals surface area contributed by atoms with E-state index in [1.54, 1.807) is 18.2 Å². The van der Waals surface area contributed by atoms with Gasteiger partial charge in [-0.25, -0.2) is 4.79 Å². The van der Waals surface area contributed by atoms with Crippen LogP contribution in [0.2, 0.25) is 0 Å². The normalized spacial score (nSPS) is 15.4. The van der Waals surface area contributed by atoms with Crippen molar-refractivity contribution in [2.24, 2.45) is 0 Å². The van der Waals surface area contributed by atoms with Crippen LogP contribution in [0.3, 0.4) is 0 Å².